The molecule has 0 radical (unpaired) electrons. The maximum absolute atomic E-state index is 12.4. The minimum Gasteiger partial charge on any atom is -0.469 e. The SMILES string of the molecule is C=CCn1c(SCC(=O)c2ccc(OC(F)F)cc2)nnc1-c1ccoc1C. The number of thioether (sulfide) groups is 1. The van der Waals surface area contributed by atoms with E-state index in [2.05, 4.69) is 21.5 Å². The van der Waals surface area contributed by atoms with Crippen molar-refractivity contribution in [3.63, 3.8) is 0 Å². The average molecular weight is 405 g/mol. The van der Waals surface area contributed by atoms with Crippen molar-refractivity contribution in [2.75, 3.05) is 5.75 Å². The Morgan fingerprint density at radius 2 is 2.07 bits per heavy atom. The predicted molar refractivity (Wildman–Crippen MR) is 101 cm³/mol. The van der Waals surface area contributed by atoms with Crippen LogP contribution in [0.4, 0.5) is 8.78 Å². The number of allylic oxidation sites excluding steroid dienone is 1. The van der Waals surface area contributed by atoms with Gasteiger partial charge >= 0.3 is 6.61 Å². The fraction of sp³-hybridized carbons (Fsp3) is 0.211. The molecular weight excluding hydrogens is 388 g/mol. The van der Waals surface area contributed by atoms with E-state index in [0.29, 0.717) is 23.1 Å². The van der Waals surface area contributed by atoms with E-state index < -0.39 is 6.61 Å². The smallest absolute Gasteiger partial charge is 0.387 e. The van der Waals surface area contributed by atoms with Crippen LogP contribution in [0.25, 0.3) is 11.4 Å². The molecule has 0 fully saturated rings. The number of ether oxygens (including phenoxy) is 1. The summed E-state index contributed by atoms with van der Waals surface area (Å²) in [7, 11) is 0. The van der Waals surface area contributed by atoms with E-state index in [1.165, 1.54) is 36.0 Å². The summed E-state index contributed by atoms with van der Waals surface area (Å²) < 4.78 is 35.8. The fourth-order valence-electron chi connectivity index (χ4n) is 2.54. The molecule has 2 aromatic heterocycles. The summed E-state index contributed by atoms with van der Waals surface area (Å²) in [5, 5.41) is 8.96. The number of alkyl halides is 2. The highest BCUT2D eigenvalue weighted by atomic mass is 32.2. The second-order valence-corrected chi connectivity index (χ2v) is 6.65. The van der Waals surface area contributed by atoms with E-state index in [0.717, 1.165) is 11.3 Å². The third kappa shape index (κ3) is 4.48. The monoisotopic (exact) mass is 405 g/mol. The number of carbonyl (C=O) groups is 1. The van der Waals surface area contributed by atoms with Crippen LogP contribution < -0.4 is 4.74 Å². The van der Waals surface area contributed by atoms with Gasteiger partial charge in [-0.1, -0.05) is 17.8 Å². The summed E-state index contributed by atoms with van der Waals surface area (Å²) >= 11 is 1.24. The van der Waals surface area contributed by atoms with E-state index in [4.69, 9.17) is 4.42 Å². The number of aryl methyl sites for hydroxylation is 1. The molecule has 0 aliphatic heterocycles. The van der Waals surface area contributed by atoms with E-state index >= 15 is 0 Å². The Bertz CT molecular complexity index is 967. The number of Topliss-reactive ketones (excluding diaryl/α,β-unsaturated/α-hetero) is 1. The second-order valence-electron chi connectivity index (χ2n) is 5.71. The molecule has 0 aliphatic rings. The van der Waals surface area contributed by atoms with Crippen LogP contribution in [0.2, 0.25) is 0 Å². The van der Waals surface area contributed by atoms with Gasteiger partial charge in [-0.15, -0.1) is 16.8 Å². The van der Waals surface area contributed by atoms with Gasteiger partial charge in [0.2, 0.25) is 0 Å². The molecule has 0 aliphatic carbocycles. The number of aromatic nitrogens is 3. The predicted octanol–water partition coefficient (Wildman–Crippen LogP) is 4.61. The molecule has 0 saturated carbocycles. The summed E-state index contributed by atoms with van der Waals surface area (Å²) in [6.45, 7) is 3.16. The summed E-state index contributed by atoms with van der Waals surface area (Å²) in [4.78, 5) is 12.4. The molecule has 0 saturated heterocycles. The first-order chi connectivity index (χ1) is 13.5. The Morgan fingerprint density at radius 1 is 1.32 bits per heavy atom. The lowest BCUT2D eigenvalue weighted by molar-refractivity contribution is -0.0498. The lowest BCUT2D eigenvalue weighted by Crippen LogP contribution is -2.06. The van der Waals surface area contributed by atoms with Crippen molar-refractivity contribution in [3.05, 3.63) is 60.6 Å². The standard InChI is InChI=1S/C19H17F2N3O3S/c1-3-9-24-17(15-8-10-26-12(15)2)22-23-19(24)28-11-16(25)13-4-6-14(7-5-13)27-18(20)21/h3-8,10,18H,1,9,11H2,2H3. The zero-order chi connectivity index (χ0) is 20.1. The number of nitrogens with zero attached hydrogens (tertiary/aromatic N) is 3. The second kappa shape index (κ2) is 8.83. The van der Waals surface area contributed by atoms with Gasteiger partial charge in [-0.3, -0.25) is 9.36 Å². The molecular formula is C19H17F2N3O3S. The van der Waals surface area contributed by atoms with Gasteiger partial charge in [-0.25, -0.2) is 0 Å². The van der Waals surface area contributed by atoms with Crippen molar-refractivity contribution in [3.8, 4) is 17.1 Å². The van der Waals surface area contributed by atoms with E-state index in [9.17, 15) is 13.6 Å². The molecule has 9 heteroatoms. The van der Waals surface area contributed by atoms with Gasteiger partial charge in [0.25, 0.3) is 0 Å². The largest absolute Gasteiger partial charge is 0.469 e. The molecule has 1 aromatic carbocycles. The quantitative estimate of drug-likeness (QED) is 0.294. The molecule has 0 amide bonds. The van der Waals surface area contributed by atoms with E-state index in [1.54, 1.807) is 12.3 Å². The van der Waals surface area contributed by atoms with Crippen LogP contribution in [0.3, 0.4) is 0 Å². The third-order valence-corrected chi connectivity index (χ3v) is 4.83. The van der Waals surface area contributed by atoms with Crippen molar-refractivity contribution in [1.29, 1.82) is 0 Å². The Kier molecular flexibility index (Phi) is 6.25. The van der Waals surface area contributed by atoms with Crippen LogP contribution in [0.1, 0.15) is 16.1 Å². The highest BCUT2D eigenvalue weighted by Gasteiger charge is 2.18. The van der Waals surface area contributed by atoms with Crippen LogP contribution in [0.15, 0.2) is 58.8 Å². The summed E-state index contributed by atoms with van der Waals surface area (Å²) in [5.41, 5.74) is 1.22. The summed E-state index contributed by atoms with van der Waals surface area (Å²) in [5.74, 6) is 1.31. The van der Waals surface area contributed by atoms with Gasteiger partial charge in [0.05, 0.1) is 17.6 Å². The number of carbonyl (C=O) groups excluding carboxylic acids is 1. The lowest BCUT2D eigenvalue weighted by Gasteiger charge is -2.07. The highest BCUT2D eigenvalue weighted by molar-refractivity contribution is 7.99. The van der Waals surface area contributed by atoms with Gasteiger partial charge in [-0.05, 0) is 37.3 Å². The average Bonchev–Trinajstić information content (AvgIpc) is 3.26. The van der Waals surface area contributed by atoms with Crippen molar-refractivity contribution < 1.29 is 22.7 Å². The van der Waals surface area contributed by atoms with Crippen LogP contribution >= 0.6 is 11.8 Å². The van der Waals surface area contributed by atoms with Gasteiger partial charge in [0.15, 0.2) is 16.8 Å². The number of furan rings is 1. The maximum atomic E-state index is 12.4. The number of hydrogen-bond donors (Lipinski definition) is 0. The van der Waals surface area contributed by atoms with Crippen LogP contribution in [0, 0.1) is 6.92 Å². The molecule has 146 valence electrons. The van der Waals surface area contributed by atoms with E-state index in [-0.39, 0.29) is 17.3 Å². The van der Waals surface area contributed by atoms with Gasteiger partial charge < -0.3 is 9.15 Å². The zero-order valence-electron chi connectivity index (χ0n) is 15.0. The Balaban J connectivity index is 1.72. The van der Waals surface area contributed by atoms with Gasteiger partial charge in [-0.2, -0.15) is 8.78 Å². The molecule has 0 atom stereocenters. The van der Waals surface area contributed by atoms with Gasteiger partial charge in [0, 0.05) is 12.1 Å². The van der Waals surface area contributed by atoms with Crippen molar-refractivity contribution in [2.45, 2.75) is 25.2 Å². The minimum atomic E-state index is -2.90. The molecule has 0 unspecified atom stereocenters. The molecule has 6 nitrogen and oxygen atoms in total. The van der Waals surface area contributed by atoms with Crippen LogP contribution in [-0.4, -0.2) is 32.9 Å². The Labute approximate surface area is 164 Å². The number of halogens is 2. The molecule has 0 bridgehead atoms. The molecule has 2 heterocycles. The maximum Gasteiger partial charge on any atom is 0.387 e. The molecule has 3 aromatic rings. The number of rotatable bonds is 9. The van der Waals surface area contributed by atoms with Gasteiger partial charge in [0.1, 0.15) is 11.5 Å². The lowest BCUT2D eigenvalue weighted by atomic mass is 10.1. The first-order valence-electron chi connectivity index (χ1n) is 8.29. The number of hydrogen-bond acceptors (Lipinski definition) is 6. The fourth-order valence-corrected chi connectivity index (χ4v) is 3.38. The Morgan fingerprint density at radius 3 is 2.68 bits per heavy atom. The molecule has 28 heavy (non-hydrogen) atoms. The highest BCUT2D eigenvalue weighted by Crippen LogP contribution is 2.27. The summed E-state index contributed by atoms with van der Waals surface area (Å²) in [6, 6.07) is 7.39. The molecule has 0 spiro atoms. The zero-order valence-corrected chi connectivity index (χ0v) is 15.8. The summed E-state index contributed by atoms with van der Waals surface area (Å²) in [6.07, 6.45) is 3.30. The molecule has 3 rings (SSSR count). The first-order valence-corrected chi connectivity index (χ1v) is 9.27. The van der Waals surface area contributed by atoms with Crippen molar-refractivity contribution in [1.82, 2.24) is 14.8 Å². The first kappa shape index (κ1) is 19.8. The van der Waals surface area contributed by atoms with Crippen LogP contribution in [0.5, 0.6) is 5.75 Å². The number of benzene rings is 1. The van der Waals surface area contributed by atoms with Crippen molar-refractivity contribution in [2.24, 2.45) is 0 Å². The topological polar surface area (TPSA) is 70.2 Å². The Hall–Kier alpha value is -2.94. The van der Waals surface area contributed by atoms with E-state index in [1.807, 2.05) is 17.6 Å². The third-order valence-electron chi connectivity index (χ3n) is 3.86. The molecule has 0 N–H and O–H groups in total. The van der Waals surface area contributed by atoms with Crippen LogP contribution in [-0.2, 0) is 6.54 Å². The minimum absolute atomic E-state index is 0.00468. The normalized spacial score (nSPS) is 11.0. The number of ketones is 1. The van der Waals surface area contributed by atoms with Crippen molar-refractivity contribution >= 4 is 17.5 Å².